The largest absolute Gasteiger partial charge is 0.338 e. The van der Waals surface area contributed by atoms with Gasteiger partial charge in [-0.3, -0.25) is 4.79 Å². The first-order valence-corrected chi connectivity index (χ1v) is 5.52. The molecular formula is C13H21ClN2O. The average Bonchev–Trinajstić information content (AvgIpc) is 2.29. The second-order valence-electron chi connectivity index (χ2n) is 4.32. The zero-order chi connectivity index (χ0) is 12.3. The molecule has 0 spiro atoms. The van der Waals surface area contributed by atoms with Gasteiger partial charge in [0.25, 0.3) is 5.91 Å². The molecule has 0 bridgehead atoms. The van der Waals surface area contributed by atoms with Gasteiger partial charge in [-0.2, -0.15) is 0 Å². The molecule has 3 nitrogen and oxygen atoms in total. The van der Waals surface area contributed by atoms with Gasteiger partial charge in [-0.25, -0.2) is 0 Å². The van der Waals surface area contributed by atoms with Gasteiger partial charge in [-0.1, -0.05) is 17.7 Å². The summed E-state index contributed by atoms with van der Waals surface area (Å²) in [6.45, 7) is 6.37. The number of halogens is 1. The molecule has 1 aromatic rings. The van der Waals surface area contributed by atoms with E-state index < -0.39 is 0 Å². The van der Waals surface area contributed by atoms with E-state index in [0.717, 1.165) is 16.7 Å². The summed E-state index contributed by atoms with van der Waals surface area (Å²) in [4.78, 5) is 13.9. The van der Waals surface area contributed by atoms with Crippen LogP contribution in [0.4, 0.5) is 0 Å². The molecule has 0 aliphatic heterocycles. The Morgan fingerprint density at radius 3 is 2.53 bits per heavy atom. The standard InChI is InChI=1S/C13H20N2O.ClH/c1-9-5-6-10(2)12(7-9)13(16)15(4)11(3)8-14;/h5-7,11H,8,14H2,1-4H3;1H. The molecule has 2 N–H and O–H groups in total. The van der Waals surface area contributed by atoms with E-state index in [2.05, 4.69) is 0 Å². The van der Waals surface area contributed by atoms with Crippen molar-refractivity contribution in [1.82, 2.24) is 4.90 Å². The monoisotopic (exact) mass is 256 g/mol. The summed E-state index contributed by atoms with van der Waals surface area (Å²) in [5.41, 5.74) is 8.44. The molecule has 0 aliphatic carbocycles. The normalized spacial score (nSPS) is 11.6. The van der Waals surface area contributed by atoms with E-state index in [9.17, 15) is 4.79 Å². The summed E-state index contributed by atoms with van der Waals surface area (Å²) in [7, 11) is 1.79. The number of nitrogens with two attached hydrogens (primary N) is 1. The number of hydrogen-bond donors (Lipinski definition) is 1. The fourth-order valence-corrected chi connectivity index (χ4v) is 1.51. The van der Waals surface area contributed by atoms with Gasteiger partial charge in [-0.15, -0.1) is 12.4 Å². The number of carbonyl (C=O) groups is 1. The molecule has 0 saturated heterocycles. The van der Waals surface area contributed by atoms with Gasteiger partial charge in [0.15, 0.2) is 0 Å². The van der Waals surface area contributed by atoms with Crippen molar-refractivity contribution in [2.75, 3.05) is 13.6 Å². The van der Waals surface area contributed by atoms with Crippen LogP contribution < -0.4 is 5.73 Å². The molecule has 17 heavy (non-hydrogen) atoms. The van der Waals surface area contributed by atoms with Crippen molar-refractivity contribution >= 4 is 18.3 Å². The van der Waals surface area contributed by atoms with Gasteiger partial charge in [0.1, 0.15) is 0 Å². The van der Waals surface area contributed by atoms with E-state index in [1.54, 1.807) is 11.9 Å². The number of benzene rings is 1. The Bertz CT molecular complexity index is 393. The van der Waals surface area contributed by atoms with Gasteiger partial charge in [0.05, 0.1) is 0 Å². The van der Waals surface area contributed by atoms with Crippen LogP contribution in [0.1, 0.15) is 28.4 Å². The van der Waals surface area contributed by atoms with Crippen LogP contribution in [0.15, 0.2) is 18.2 Å². The molecule has 4 heteroatoms. The molecule has 0 aromatic heterocycles. The van der Waals surface area contributed by atoms with Crippen LogP contribution in [0, 0.1) is 13.8 Å². The minimum absolute atomic E-state index is 0. The van der Waals surface area contributed by atoms with E-state index in [1.807, 2.05) is 39.0 Å². The number of nitrogens with zero attached hydrogens (tertiary/aromatic N) is 1. The molecule has 0 saturated carbocycles. The van der Waals surface area contributed by atoms with Crippen molar-refractivity contribution in [3.05, 3.63) is 34.9 Å². The maximum absolute atomic E-state index is 12.2. The van der Waals surface area contributed by atoms with Crippen molar-refractivity contribution in [1.29, 1.82) is 0 Å². The number of likely N-dealkylation sites (N-methyl/N-ethyl adjacent to an activating group) is 1. The maximum atomic E-state index is 12.2. The van der Waals surface area contributed by atoms with Gasteiger partial charge < -0.3 is 10.6 Å². The van der Waals surface area contributed by atoms with Crippen LogP contribution in [0.5, 0.6) is 0 Å². The fraction of sp³-hybridized carbons (Fsp3) is 0.462. The highest BCUT2D eigenvalue weighted by Gasteiger charge is 2.17. The first-order valence-electron chi connectivity index (χ1n) is 5.52. The molecule has 1 unspecified atom stereocenters. The van der Waals surface area contributed by atoms with Crippen molar-refractivity contribution in [2.45, 2.75) is 26.8 Å². The molecule has 1 aromatic carbocycles. The van der Waals surface area contributed by atoms with Crippen LogP contribution in [-0.2, 0) is 0 Å². The molecule has 1 rings (SSSR count). The number of aryl methyl sites for hydroxylation is 2. The van der Waals surface area contributed by atoms with E-state index in [4.69, 9.17) is 5.73 Å². The molecular weight excluding hydrogens is 236 g/mol. The molecule has 1 amide bonds. The lowest BCUT2D eigenvalue weighted by atomic mass is 10.0. The molecule has 0 radical (unpaired) electrons. The Labute approximate surface area is 109 Å². The van der Waals surface area contributed by atoms with E-state index in [1.165, 1.54) is 0 Å². The highest BCUT2D eigenvalue weighted by Crippen LogP contribution is 2.13. The van der Waals surface area contributed by atoms with Gasteiger partial charge in [0, 0.05) is 25.2 Å². The lowest BCUT2D eigenvalue weighted by Crippen LogP contribution is -2.40. The Hall–Kier alpha value is -1.06. The predicted molar refractivity (Wildman–Crippen MR) is 73.8 cm³/mol. The quantitative estimate of drug-likeness (QED) is 0.901. The van der Waals surface area contributed by atoms with Crippen LogP contribution in [-0.4, -0.2) is 30.4 Å². The summed E-state index contributed by atoms with van der Waals surface area (Å²) in [5, 5.41) is 0. The van der Waals surface area contributed by atoms with Gasteiger partial charge in [-0.05, 0) is 32.4 Å². The minimum atomic E-state index is 0. The smallest absolute Gasteiger partial charge is 0.254 e. The molecule has 0 fully saturated rings. The zero-order valence-corrected chi connectivity index (χ0v) is 11.7. The summed E-state index contributed by atoms with van der Waals surface area (Å²) in [5.74, 6) is 0.0409. The third-order valence-corrected chi connectivity index (χ3v) is 2.95. The minimum Gasteiger partial charge on any atom is -0.338 e. The number of carbonyl (C=O) groups excluding carboxylic acids is 1. The van der Waals surface area contributed by atoms with E-state index >= 15 is 0 Å². The Morgan fingerprint density at radius 1 is 1.41 bits per heavy atom. The Morgan fingerprint density at radius 2 is 2.00 bits per heavy atom. The van der Waals surface area contributed by atoms with Gasteiger partial charge in [0.2, 0.25) is 0 Å². The summed E-state index contributed by atoms with van der Waals surface area (Å²) < 4.78 is 0. The zero-order valence-electron chi connectivity index (χ0n) is 10.9. The Kier molecular flexibility index (Phi) is 6.21. The van der Waals surface area contributed by atoms with Crippen molar-refractivity contribution < 1.29 is 4.79 Å². The van der Waals surface area contributed by atoms with E-state index in [0.29, 0.717) is 6.54 Å². The molecule has 0 aliphatic rings. The fourth-order valence-electron chi connectivity index (χ4n) is 1.51. The second kappa shape index (κ2) is 6.62. The Balaban J connectivity index is 0.00000256. The first kappa shape index (κ1) is 15.9. The second-order valence-corrected chi connectivity index (χ2v) is 4.32. The summed E-state index contributed by atoms with van der Waals surface area (Å²) in [6, 6.07) is 5.98. The van der Waals surface area contributed by atoms with Crippen LogP contribution >= 0.6 is 12.4 Å². The van der Waals surface area contributed by atoms with Crippen molar-refractivity contribution in [3.63, 3.8) is 0 Å². The number of rotatable bonds is 3. The summed E-state index contributed by atoms with van der Waals surface area (Å²) >= 11 is 0. The highest BCUT2D eigenvalue weighted by molar-refractivity contribution is 5.95. The van der Waals surface area contributed by atoms with Gasteiger partial charge >= 0.3 is 0 Å². The maximum Gasteiger partial charge on any atom is 0.254 e. The van der Waals surface area contributed by atoms with Crippen molar-refractivity contribution in [2.24, 2.45) is 5.73 Å². The van der Waals surface area contributed by atoms with Crippen LogP contribution in [0.2, 0.25) is 0 Å². The third-order valence-electron chi connectivity index (χ3n) is 2.95. The summed E-state index contributed by atoms with van der Waals surface area (Å²) in [6.07, 6.45) is 0. The molecule has 1 atom stereocenters. The average molecular weight is 257 g/mol. The van der Waals surface area contributed by atoms with E-state index in [-0.39, 0.29) is 24.4 Å². The highest BCUT2D eigenvalue weighted by atomic mass is 35.5. The SMILES string of the molecule is Cc1ccc(C)c(C(=O)N(C)C(C)CN)c1.Cl. The molecule has 96 valence electrons. The van der Waals surface area contributed by atoms with Crippen molar-refractivity contribution in [3.8, 4) is 0 Å². The lowest BCUT2D eigenvalue weighted by molar-refractivity contribution is 0.0747. The van der Waals surface area contributed by atoms with Crippen LogP contribution in [0.3, 0.4) is 0 Å². The number of amides is 1. The predicted octanol–water partition coefficient (Wildman–Crippen LogP) is 2.14. The molecule has 0 heterocycles. The number of hydrogen-bond acceptors (Lipinski definition) is 2. The van der Waals surface area contributed by atoms with Crippen LogP contribution in [0.25, 0.3) is 0 Å². The topological polar surface area (TPSA) is 46.3 Å². The first-order chi connectivity index (χ1) is 7.47. The third kappa shape index (κ3) is 3.72. The lowest BCUT2D eigenvalue weighted by Gasteiger charge is -2.24.